The lowest BCUT2D eigenvalue weighted by Gasteiger charge is -2.23. The SMILES string of the molecule is CCOC(=O)c1cnn(C(C)(C)C)c1-n1cccc1. The average Bonchev–Trinajstić information content (AvgIpc) is 2.97. The molecule has 0 N–H and O–H groups in total. The molecule has 2 aromatic rings. The number of nitrogens with zero attached hydrogens (tertiary/aromatic N) is 3. The monoisotopic (exact) mass is 261 g/mol. The average molecular weight is 261 g/mol. The molecule has 0 saturated heterocycles. The molecule has 2 rings (SSSR count). The van der Waals surface area contributed by atoms with Gasteiger partial charge in [-0.3, -0.25) is 0 Å². The number of carbonyl (C=O) groups excluding carboxylic acids is 1. The third-order valence-corrected chi connectivity index (χ3v) is 2.72. The fourth-order valence-corrected chi connectivity index (χ4v) is 1.91. The van der Waals surface area contributed by atoms with Crippen LogP contribution in [0.3, 0.4) is 0 Å². The van der Waals surface area contributed by atoms with Crippen LogP contribution in [-0.4, -0.2) is 26.9 Å². The van der Waals surface area contributed by atoms with E-state index in [2.05, 4.69) is 5.10 Å². The molecule has 0 aliphatic heterocycles. The molecule has 19 heavy (non-hydrogen) atoms. The third kappa shape index (κ3) is 2.54. The maximum absolute atomic E-state index is 12.0. The van der Waals surface area contributed by atoms with Crippen molar-refractivity contribution in [3.8, 4) is 5.82 Å². The summed E-state index contributed by atoms with van der Waals surface area (Å²) < 4.78 is 8.80. The normalized spacial score (nSPS) is 11.6. The van der Waals surface area contributed by atoms with Crippen LogP contribution in [0.1, 0.15) is 38.1 Å². The molecule has 0 aliphatic rings. The molecule has 0 aromatic carbocycles. The molecule has 0 amide bonds. The second kappa shape index (κ2) is 4.91. The van der Waals surface area contributed by atoms with E-state index in [0.29, 0.717) is 12.2 Å². The van der Waals surface area contributed by atoms with Gasteiger partial charge in [0.1, 0.15) is 11.4 Å². The molecular formula is C14H19N3O2. The lowest BCUT2D eigenvalue weighted by molar-refractivity contribution is 0.0526. The van der Waals surface area contributed by atoms with Crippen LogP contribution < -0.4 is 0 Å². The quantitative estimate of drug-likeness (QED) is 0.798. The molecule has 0 bridgehead atoms. The lowest BCUT2D eigenvalue weighted by atomic mass is 10.1. The van der Waals surface area contributed by atoms with E-state index in [1.807, 2.05) is 54.5 Å². The summed E-state index contributed by atoms with van der Waals surface area (Å²) in [6, 6.07) is 3.82. The zero-order valence-electron chi connectivity index (χ0n) is 11.8. The highest BCUT2D eigenvalue weighted by molar-refractivity contribution is 5.92. The summed E-state index contributed by atoms with van der Waals surface area (Å²) in [5.41, 5.74) is 0.262. The molecule has 0 unspecified atom stereocenters. The van der Waals surface area contributed by atoms with E-state index < -0.39 is 0 Å². The number of carbonyl (C=O) groups is 1. The van der Waals surface area contributed by atoms with E-state index >= 15 is 0 Å². The number of ether oxygens (including phenoxy) is 1. The van der Waals surface area contributed by atoms with Crippen LogP contribution in [-0.2, 0) is 10.3 Å². The van der Waals surface area contributed by atoms with Crippen molar-refractivity contribution >= 4 is 5.97 Å². The van der Waals surface area contributed by atoms with Crippen molar-refractivity contribution < 1.29 is 9.53 Å². The van der Waals surface area contributed by atoms with Crippen LogP contribution in [0.4, 0.5) is 0 Å². The van der Waals surface area contributed by atoms with Gasteiger partial charge in [-0.2, -0.15) is 5.10 Å². The van der Waals surface area contributed by atoms with Crippen LogP contribution in [0.25, 0.3) is 5.82 Å². The molecule has 5 heteroatoms. The number of hydrogen-bond donors (Lipinski definition) is 0. The first-order valence-corrected chi connectivity index (χ1v) is 6.34. The van der Waals surface area contributed by atoms with Gasteiger partial charge < -0.3 is 9.30 Å². The Morgan fingerprint density at radius 2 is 1.95 bits per heavy atom. The predicted octanol–water partition coefficient (Wildman–Crippen LogP) is 2.61. The van der Waals surface area contributed by atoms with Crippen LogP contribution in [0, 0.1) is 0 Å². The van der Waals surface area contributed by atoms with Gasteiger partial charge in [0.15, 0.2) is 0 Å². The summed E-state index contributed by atoms with van der Waals surface area (Å²) in [5.74, 6) is 0.387. The fraction of sp³-hybridized carbons (Fsp3) is 0.429. The third-order valence-electron chi connectivity index (χ3n) is 2.72. The van der Waals surface area contributed by atoms with E-state index in [4.69, 9.17) is 4.74 Å². The van der Waals surface area contributed by atoms with Crippen molar-refractivity contribution in [2.75, 3.05) is 6.61 Å². The van der Waals surface area contributed by atoms with Crippen molar-refractivity contribution in [1.29, 1.82) is 0 Å². The van der Waals surface area contributed by atoms with Crippen molar-refractivity contribution in [2.24, 2.45) is 0 Å². The van der Waals surface area contributed by atoms with Gasteiger partial charge in [-0.05, 0) is 39.8 Å². The van der Waals surface area contributed by atoms with Crippen LogP contribution in [0.2, 0.25) is 0 Å². The molecule has 0 radical (unpaired) electrons. The molecule has 0 fully saturated rings. The summed E-state index contributed by atoms with van der Waals surface area (Å²) in [6.45, 7) is 8.28. The second-order valence-corrected chi connectivity index (χ2v) is 5.28. The van der Waals surface area contributed by atoms with Gasteiger partial charge in [-0.15, -0.1) is 0 Å². The van der Waals surface area contributed by atoms with Gasteiger partial charge >= 0.3 is 5.97 Å². The molecule has 2 heterocycles. The van der Waals surface area contributed by atoms with Crippen molar-refractivity contribution in [1.82, 2.24) is 14.3 Å². The minimum Gasteiger partial charge on any atom is -0.462 e. The van der Waals surface area contributed by atoms with Gasteiger partial charge in [0.25, 0.3) is 0 Å². The van der Waals surface area contributed by atoms with E-state index in [1.54, 1.807) is 13.1 Å². The smallest absolute Gasteiger partial charge is 0.343 e. The molecule has 0 saturated carbocycles. The van der Waals surface area contributed by atoms with E-state index in [9.17, 15) is 4.79 Å². The minimum atomic E-state index is -0.346. The number of hydrogen-bond acceptors (Lipinski definition) is 3. The summed E-state index contributed by atoms with van der Waals surface area (Å²) in [4.78, 5) is 12.0. The van der Waals surface area contributed by atoms with Crippen molar-refractivity contribution in [2.45, 2.75) is 33.2 Å². The summed E-state index contributed by atoms with van der Waals surface area (Å²) in [6.07, 6.45) is 5.35. The van der Waals surface area contributed by atoms with Gasteiger partial charge in [0.2, 0.25) is 0 Å². The Labute approximate surface area is 112 Å². The maximum Gasteiger partial charge on any atom is 0.343 e. The Hall–Kier alpha value is -2.04. The van der Waals surface area contributed by atoms with Gasteiger partial charge in [0.05, 0.1) is 18.3 Å². The predicted molar refractivity (Wildman–Crippen MR) is 72.5 cm³/mol. The molecule has 5 nitrogen and oxygen atoms in total. The zero-order chi connectivity index (χ0) is 14.0. The lowest BCUT2D eigenvalue weighted by Crippen LogP contribution is -2.26. The largest absolute Gasteiger partial charge is 0.462 e. The van der Waals surface area contributed by atoms with Crippen molar-refractivity contribution in [3.05, 3.63) is 36.3 Å². The standard InChI is InChI=1S/C14H19N3O2/c1-5-19-13(18)11-10-15-17(14(2,3)4)12(11)16-8-6-7-9-16/h6-10H,5H2,1-4H3. The highest BCUT2D eigenvalue weighted by Crippen LogP contribution is 2.23. The van der Waals surface area contributed by atoms with E-state index in [-0.39, 0.29) is 11.5 Å². The topological polar surface area (TPSA) is 49.0 Å². The highest BCUT2D eigenvalue weighted by Gasteiger charge is 2.25. The zero-order valence-corrected chi connectivity index (χ0v) is 11.8. The van der Waals surface area contributed by atoms with Crippen molar-refractivity contribution in [3.63, 3.8) is 0 Å². The first kappa shape index (κ1) is 13.4. The summed E-state index contributed by atoms with van der Waals surface area (Å²) in [7, 11) is 0. The minimum absolute atomic E-state index is 0.218. The molecule has 102 valence electrons. The molecule has 0 spiro atoms. The maximum atomic E-state index is 12.0. The molecule has 2 aromatic heterocycles. The molecular weight excluding hydrogens is 242 g/mol. The Bertz CT molecular complexity index is 562. The highest BCUT2D eigenvalue weighted by atomic mass is 16.5. The first-order valence-electron chi connectivity index (χ1n) is 6.34. The Morgan fingerprint density at radius 1 is 1.32 bits per heavy atom. The second-order valence-electron chi connectivity index (χ2n) is 5.28. The summed E-state index contributed by atoms with van der Waals surface area (Å²) >= 11 is 0. The fourth-order valence-electron chi connectivity index (χ4n) is 1.91. The molecule has 0 aliphatic carbocycles. The number of aromatic nitrogens is 3. The Morgan fingerprint density at radius 3 is 2.47 bits per heavy atom. The summed E-state index contributed by atoms with van der Waals surface area (Å²) in [5, 5.41) is 4.34. The van der Waals surface area contributed by atoms with E-state index in [1.165, 1.54) is 0 Å². The van der Waals surface area contributed by atoms with E-state index in [0.717, 1.165) is 5.82 Å². The number of rotatable bonds is 3. The van der Waals surface area contributed by atoms with Crippen LogP contribution in [0.5, 0.6) is 0 Å². The number of esters is 1. The van der Waals surface area contributed by atoms with Gasteiger partial charge in [0, 0.05) is 12.4 Å². The van der Waals surface area contributed by atoms with Crippen LogP contribution >= 0.6 is 0 Å². The van der Waals surface area contributed by atoms with Crippen LogP contribution in [0.15, 0.2) is 30.7 Å². The Kier molecular flexibility index (Phi) is 3.46. The first-order chi connectivity index (χ1) is 8.95. The van der Waals surface area contributed by atoms with Gasteiger partial charge in [-0.1, -0.05) is 0 Å². The Balaban J connectivity index is 2.57. The molecule has 0 atom stereocenters. The van der Waals surface area contributed by atoms with Gasteiger partial charge in [-0.25, -0.2) is 9.48 Å².